The molecule has 1 heterocycles. The molecule has 25 heavy (non-hydrogen) atoms. The number of halogens is 1. The molecule has 2 aromatic rings. The highest BCUT2D eigenvalue weighted by atomic mass is 35.5. The number of methoxy groups -OCH3 is 1. The molecule has 1 unspecified atom stereocenters. The van der Waals surface area contributed by atoms with Crippen LogP contribution in [-0.4, -0.2) is 17.8 Å². The summed E-state index contributed by atoms with van der Waals surface area (Å²) in [7, 11) is 1.64. The zero-order valence-electron chi connectivity index (χ0n) is 14.4. The molecule has 4 nitrogen and oxygen atoms in total. The topological polar surface area (TPSA) is 42.5 Å². The van der Waals surface area contributed by atoms with Crippen LogP contribution in [0, 0.1) is 0 Å². The second kappa shape index (κ2) is 7.10. The number of thiocarbonyl (C=S) groups is 1. The Morgan fingerprint density at radius 3 is 2.80 bits per heavy atom. The Labute approximate surface area is 158 Å². The number of hydrogen-bond donors (Lipinski definition) is 2. The monoisotopic (exact) mass is 376 g/mol. The Kier molecular flexibility index (Phi) is 5.06. The highest BCUT2D eigenvalue weighted by Gasteiger charge is 2.34. The predicted molar refractivity (Wildman–Crippen MR) is 106 cm³/mol. The van der Waals surface area contributed by atoms with Crippen molar-refractivity contribution in [2.45, 2.75) is 31.9 Å². The number of nitrogens with one attached hydrogen (secondary N) is 2. The number of rotatable bonds is 3. The van der Waals surface area contributed by atoms with Crippen molar-refractivity contribution in [3.8, 4) is 11.5 Å². The van der Waals surface area contributed by atoms with Gasteiger partial charge in [-0.2, -0.15) is 0 Å². The number of benzene rings is 2. The molecule has 0 bridgehead atoms. The summed E-state index contributed by atoms with van der Waals surface area (Å²) in [6.45, 7) is 4.13. The zero-order chi connectivity index (χ0) is 18.0. The van der Waals surface area contributed by atoms with Gasteiger partial charge in [-0.15, -0.1) is 0 Å². The maximum atomic E-state index is 6.17. The molecule has 0 amide bonds. The minimum Gasteiger partial charge on any atom is -0.495 e. The van der Waals surface area contributed by atoms with E-state index in [0.29, 0.717) is 10.1 Å². The second-order valence-electron chi connectivity index (χ2n) is 6.60. The Bertz CT molecular complexity index is 795. The Morgan fingerprint density at radius 2 is 2.04 bits per heavy atom. The van der Waals surface area contributed by atoms with Crippen LogP contribution in [0.25, 0.3) is 0 Å². The molecular formula is C19H21ClN2O2S. The lowest BCUT2D eigenvalue weighted by Crippen LogP contribution is -2.42. The van der Waals surface area contributed by atoms with Crippen LogP contribution >= 0.6 is 23.8 Å². The van der Waals surface area contributed by atoms with Crippen molar-refractivity contribution in [3.05, 3.63) is 53.1 Å². The molecule has 3 rings (SSSR count). The van der Waals surface area contributed by atoms with Gasteiger partial charge in [-0.25, -0.2) is 0 Å². The molecule has 0 aromatic heterocycles. The fourth-order valence-corrected chi connectivity index (χ4v) is 3.45. The third-order valence-electron chi connectivity index (χ3n) is 4.09. The molecule has 0 radical (unpaired) electrons. The summed E-state index contributed by atoms with van der Waals surface area (Å²) in [5, 5.41) is 7.79. The summed E-state index contributed by atoms with van der Waals surface area (Å²) in [6, 6.07) is 13.3. The first-order chi connectivity index (χ1) is 11.9. The van der Waals surface area contributed by atoms with Gasteiger partial charge < -0.3 is 20.1 Å². The van der Waals surface area contributed by atoms with Gasteiger partial charge in [0.05, 0.1) is 18.8 Å². The van der Waals surface area contributed by atoms with Crippen molar-refractivity contribution in [3.63, 3.8) is 0 Å². The number of hydrogen-bond acceptors (Lipinski definition) is 3. The van der Waals surface area contributed by atoms with Crippen LogP contribution in [0.15, 0.2) is 42.5 Å². The van der Waals surface area contributed by atoms with Gasteiger partial charge in [0.25, 0.3) is 0 Å². The lowest BCUT2D eigenvalue weighted by atomic mass is 9.90. The van der Waals surface area contributed by atoms with E-state index in [0.717, 1.165) is 29.2 Å². The van der Waals surface area contributed by atoms with Crippen molar-refractivity contribution in [2.75, 3.05) is 12.4 Å². The third kappa shape index (κ3) is 4.17. The molecule has 0 saturated heterocycles. The molecule has 0 saturated carbocycles. The van der Waals surface area contributed by atoms with Gasteiger partial charge in [0.2, 0.25) is 0 Å². The third-order valence-corrected chi connectivity index (χ3v) is 4.54. The first-order valence-corrected chi connectivity index (χ1v) is 8.85. The van der Waals surface area contributed by atoms with E-state index in [1.165, 1.54) is 0 Å². The highest BCUT2D eigenvalue weighted by molar-refractivity contribution is 7.80. The molecule has 6 heteroatoms. The summed E-state index contributed by atoms with van der Waals surface area (Å²) in [6.07, 6.45) is 0.772. The predicted octanol–water partition coefficient (Wildman–Crippen LogP) is 4.94. The molecule has 2 N–H and O–H groups in total. The normalized spacial score (nSPS) is 17.8. The summed E-state index contributed by atoms with van der Waals surface area (Å²) in [5.74, 6) is 1.57. The van der Waals surface area contributed by atoms with Gasteiger partial charge in [-0.1, -0.05) is 23.7 Å². The molecule has 1 aliphatic rings. The fraction of sp³-hybridized carbons (Fsp3) is 0.316. The van der Waals surface area contributed by atoms with E-state index in [2.05, 4.69) is 24.5 Å². The van der Waals surface area contributed by atoms with E-state index in [-0.39, 0.29) is 11.6 Å². The number of anilines is 1. The molecule has 1 aliphatic heterocycles. The molecule has 2 aromatic carbocycles. The molecule has 0 spiro atoms. The first-order valence-electron chi connectivity index (χ1n) is 8.07. The number of fused-ring (bicyclic) bond motifs is 1. The van der Waals surface area contributed by atoms with Gasteiger partial charge >= 0.3 is 0 Å². The van der Waals surface area contributed by atoms with Crippen molar-refractivity contribution in [1.82, 2.24) is 5.32 Å². The van der Waals surface area contributed by atoms with E-state index >= 15 is 0 Å². The average molecular weight is 377 g/mol. The van der Waals surface area contributed by atoms with Crippen LogP contribution in [0.2, 0.25) is 5.02 Å². The van der Waals surface area contributed by atoms with E-state index in [4.69, 9.17) is 33.3 Å². The summed E-state index contributed by atoms with van der Waals surface area (Å²) in [4.78, 5) is 0. The van der Waals surface area contributed by atoms with Crippen LogP contribution in [-0.2, 0) is 0 Å². The van der Waals surface area contributed by atoms with Crippen LogP contribution in [0.1, 0.15) is 31.9 Å². The number of para-hydroxylation sites is 2. The standard InChI is InChI=1S/C19H21ClN2O2S/c1-19(2)11-15(13-10-12(20)8-9-16(13)24-19)22-18(25)21-14-6-4-5-7-17(14)23-3/h4-10,15H,11H2,1-3H3,(H2,21,22,25). The molecular weight excluding hydrogens is 356 g/mol. The lowest BCUT2D eigenvalue weighted by Gasteiger charge is -2.38. The molecule has 0 aliphatic carbocycles. The van der Waals surface area contributed by atoms with E-state index in [1.807, 2.05) is 42.5 Å². The largest absolute Gasteiger partial charge is 0.495 e. The van der Waals surface area contributed by atoms with Crippen molar-refractivity contribution < 1.29 is 9.47 Å². The van der Waals surface area contributed by atoms with Crippen LogP contribution < -0.4 is 20.1 Å². The Morgan fingerprint density at radius 1 is 1.28 bits per heavy atom. The van der Waals surface area contributed by atoms with Crippen LogP contribution in [0.3, 0.4) is 0 Å². The van der Waals surface area contributed by atoms with E-state index in [9.17, 15) is 0 Å². The van der Waals surface area contributed by atoms with E-state index < -0.39 is 0 Å². The van der Waals surface area contributed by atoms with Crippen molar-refractivity contribution >= 4 is 34.6 Å². The summed E-state index contributed by atoms with van der Waals surface area (Å²) >= 11 is 11.7. The van der Waals surface area contributed by atoms with Crippen molar-refractivity contribution in [1.29, 1.82) is 0 Å². The van der Waals surface area contributed by atoms with Gasteiger partial charge in [-0.05, 0) is 56.4 Å². The van der Waals surface area contributed by atoms with Crippen molar-refractivity contribution in [2.24, 2.45) is 0 Å². The first kappa shape index (κ1) is 17.8. The average Bonchev–Trinajstić information content (AvgIpc) is 2.55. The Balaban J connectivity index is 1.80. The van der Waals surface area contributed by atoms with Crippen LogP contribution in [0.4, 0.5) is 5.69 Å². The molecule has 1 atom stereocenters. The van der Waals surface area contributed by atoms with Gasteiger partial charge in [0.1, 0.15) is 17.1 Å². The Hall–Kier alpha value is -1.98. The highest BCUT2D eigenvalue weighted by Crippen LogP contribution is 2.40. The van der Waals surface area contributed by atoms with E-state index in [1.54, 1.807) is 7.11 Å². The maximum absolute atomic E-state index is 6.17. The van der Waals surface area contributed by atoms with Gasteiger partial charge in [0, 0.05) is 17.0 Å². The second-order valence-corrected chi connectivity index (χ2v) is 7.44. The molecule has 132 valence electrons. The van der Waals surface area contributed by atoms with Crippen LogP contribution in [0.5, 0.6) is 11.5 Å². The number of ether oxygens (including phenoxy) is 2. The quantitative estimate of drug-likeness (QED) is 0.743. The summed E-state index contributed by atoms with van der Waals surface area (Å²) < 4.78 is 11.4. The van der Waals surface area contributed by atoms with Gasteiger partial charge in [-0.3, -0.25) is 0 Å². The van der Waals surface area contributed by atoms with Gasteiger partial charge in [0.15, 0.2) is 5.11 Å². The zero-order valence-corrected chi connectivity index (χ0v) is 16.0. The maximum Gasteiger partial charge on any atom is 0.171 e. The lowest BCUT2D eigenvalue weighted by molar-refractivity contribution is 0.0697. The smallest absolute Gasteiger partial charge is 0.171 e. The summed E-state index contributed by atoms with van der Waals surface area (Å²) in [5.41, 5.74) is 1.54. The molecule has 0 fully saturated rings. The SMILES string of the molecule is COc1ccccc1NC(=S)NC1CC(C)(C)Oc2ccc(Cl)cc21. The minimum atomic E-state index is -0.293. The fourth-order valence-electron chi connectivity index (χ4n) is 3.02. The minimum absolute atomic E-state index is 0.00663.